The highest BCUT2D eigenvalue weighted by Crippen LogP contribution is 1.66. The van der Waals surface area contributed by atoms with Crippen LogP contribution in [-0.4, -0.2) is 17.7 Å². The molecule has 0 saturated carbocycles. The summed E-state index contributed by atoms with van der Waals surface area (Å²) in [7, 11) is 0. The fraction of sp³-hybridized carbons (Fsp3) is 0.250. The molecule has 0 aliphatic carbocycles. The summed E-state index contributed by atoms with van der Waals surface area (Å²) in [5.74, 6) is -0.366. The van der Waals surface area contributed by atoms with Gasteiger partial charge in [-0.3, -0.25) is 10.2 Å². The molecule has 0 atom stereocenters. The first-order chi connectivity index (χ1) is 3.18. The molecule has 0 bridgehead atoms. The molecule has 3 heteroatoms. The molecule has 38 valence electrons. The van der Waals surface area contributed by atoms with Gasteiger partial charge in [0.25, 0.3) is 0 Å². The van der Waals surface area contributed by atoms with Crippen molar-refractivity contribution in [1.29, 1.82) is 10.8 Å². The summed E-state index contributed by atoms with van der Waals surface area (Å²) in [5.41, 5.74) is -0.250. The number of Topliss-reactive ketones (excluding diaryl/α,β-unsaturated/α-hetero) is 1. The molecule has 0 radical (unpaired) electrons. The summed E-state index contributed by atoms with van der Waals surface area (Å²) >= 11 is 0. The van der Waals surface area contributed by atoms with Gasteiger partial charge >= 0.3 is 0 Å². The van der Waals surface area contributed by atoms with E-state index < -0.39 is 0 Å². The van der Waals surface area contributed by atoms with Crippen molar-refractivity contribution in [2.45, 2.75) is 6.92 Å². The zero-order chi connectivity index (χ0) is 5.86. The standard InChI is InChI=1S/C4H6N2O/c1-3(7)4(6)2-5/h2,5-6H,1H3. The zero-order valence-corrected chi connectivity index (χ0v) is 3.99. The van der Waals surface area contributed by atoms with Crippen LogP contribution >= 0.6 is 0 Å². The van der Waals surface area contributed by atoms with Crippen molar-refractivity contribution >= 4 is 17.7 Å². The SMILES string of the molecule is CC(=O)C(=N)C=N. The van der Waals surface area contributed by atoms with E-state index in [-0.39, 0.29) is 11.5 Å². The van der Waals surface area contributed by atoms with Crippen molar-refractivity contribution in [1.82, 2.24) is 0 Å². The molecule has 0 unspecified atom stereocenters. The number of nitrogens with one attached hydrogen (secondary N) is 2. The Morgan fingerprint density at radius 1 is 1.71 bits per heavy atom. The molecule has 0 rings (SSSR count). The molecule has 0 aromatic rings. The van der Waals surface area contributed by atoms with Crippen molar-refractivity contribution in [2.24, 2.45) is 0 Å². The lowest BCUT2D eigenvalue weighted by Crippen LogP contribution is -2.07. The lowest BCUT2D eigenvalue weighted by atomic mass is 10.3. The maximum Gasteiger partial charge on any atom is 0.178 e. The van der Waals surface area contributed by atoms with Gasteiger partial charge in [0.2, 0.25) is 0 Å². The van der Waals surface area contributed by atoms with Crippen LogP contribution in [0, 0.1) is 10.8 Å². The second-order valence-electron chi connectivity index (χ2n) is 1.11. The topological polar surface area (TPSA) is 64.8 Å². The maximum absolute atomic E-state index is 10.00. The predicted molar refractivity (Wildman–Crippen MR) is 27.2 cm³/mol. The Kier molecular flexibility index (Phi) is 1.91. The molecule has 0 aliphatic rings. The van der Waals surface area contributed by atoms with Crippen molar-refractivity contribution in [3.05, 3.63) is 0 Å². The first-order valence-corrected chi connectivity index (χ1v) is 1.78. The van der Waals surface area contributed by atoms with Crippen molar-refractivity contribution in [3.8, 4) is 0 Å². The molecule has 0 amide bonds. The quantitative estimate of drug-likeness (QED) is 0.477. The van der Waals surface area contributed by atoms with Crippen LogP contribution in [0.2, 0.25) is 0 Å². The third-order valence-electron chi connectivity index (χ3n) is 0.524. The van der Waals surface area contributed by atoms with E-state index in [1.165, 1.54) is 6.92 Å². The fourth-order valence-corrected chi connectivity index (χ4v) is 0.102. The predicted octanol–water partition coefficient (Wildman–Crippen LogP) is 0.245. The molecule has 0 aliphatic heterocycles. The van der Waals surface area contributed by atoms with Gasteiger partial charge < -0.3 is 5.41 Å². The van der Waals surface area contributed by atoms with E-state index in [0.717, 1.165) is 6.21 Å². The smallest absolute Gasteiger partial charge is 0.178 e. The Labute approximate surface area is 41.4 Å². The summed E-state index contributed by atoms with van der Waals surface area (Å²) in [6.45, 7) is 1.26. The van der Waals surface area contributed by atoms with Crippen LogP contribution in [0.4, 0.5) is 0 Å². The number of rotatable bonds is 2. The van der Waals surface area contributed by atoms with E-state index in [0.29, 0.717) is 0 Å². The first kappa shape index (κ1) is 6.01. The second kappa shape index (κ2) is 2.23. The van der Waals surface area contributed by atoms with E-state index >= 15 is 0 Å². The normalized spacial score (nSPS) is 7.57. The van der Waals surface area contributed by atoms with E-state index in [1.54, 1.807) is 0 Å². The Morgan fingerprint density at radius 2 is 2.14 bits per heavy atom. The number of hydrogen-bond acceptors (Lipinski definition) is 3. The monoisotopic (exact) mass is 98.0 g/mol. The number of hydrogen-bond donors (Lipinski definition) is 2. The van der Waals surface area contributed by atoms with E-state index in [2.05, 4.69) is 0 Å². The van der Waals surface area contributed by atoms with Gasteiger partial charge in [-0.15, -0.1) is 0 Å². The van der Waals surface area contributed by atoms with E-state index in [4.69, 9.17) is 10.8 Å². The van der Waals surface area contributed by atoms with Crippen LogP contribution in [0.3, 0.4) is 0 Å². The Hall–Kier alpha value is -0.990. The van der Waals surface area contributed by atoms with Gasteiger partial charge in [0.05, 0.1) is 0 Å². The minimum Gasteiger partial charge on any atom is -0.306 e. The highest BCUT2D eigenvalue weighted by Gasteiger charge is 1.93. The van der Waals surface area contributed by atoms with E-state index in [1.807, 2.05) is 0 Å². The van der Waals surface area contributed by atoms with Crippen LogP contribution in [0.15, 0.2) is 0 Å². The van der Waals surface area contributed by atoms with Crippen LogP contribution in [0.1, 0.15) is 6.92 Å². The van der Waals surface area contributed by atoms with Crippen molar-refractivity contribution in [3.63, 3.8) is 0 Å². The van der Waals surface area contributed by atoms with Gasteiger partial charge in [-0.1, -0.05) is 0 Å². The first-order valence-electron chi connectivity index (χ1n) is 1.78. The molecule has 2 N–H and O–H groups in total. The van der Waals surface area contributed by atoms with Gasteiger partial charge in [0.15, 0.2) is 5.78 Å². The molecule has 0 heterocycles. The average Bonchev–Trinajstić information content (AvgIpc) is 1.65. The highest BCUT2D eigenvalue weighted by atomic mass is 16.1. The molecule has 0 fully saturated rings. The minimum absolute atomic E-state index is 0.250. The average molecular weight is 98.1 g/mol. The number of carbonyl (C=O) groups is 1. The van der Waals surface area contributed by atoms with Gasteiger partial charge in [0.1, 0.15) is 5.71 Å². The summed E-state index contributed by atoms with van der Waals surface area (Å²) in [6.07, 6.45) is 0.725. The third-order valence-corrected chi connectivity index (χ3v) is 0.524. The molecular weight excluding hydrogens is 92.1 g/mol. The number of ketones is 1. The molecular formula is C4H6N2O. The van der Waals surface area contributed by atoms with Gasteiger partial charge in [-0.25, -0.2) is 0 Å². The Bertz CT molecular complexity index is 117. The lowest BCUT2D eigenvalue weighted by Gasteiger charge is -1.80. The Balaban J connectivity index is 3.81. The largest absolute Gasteiger partial charge is 0.306 e. The van der Waals surface area contributed by atoms with Crippen LogP contribution in [0.5, 0.6) is 0 Å². The summed E-state index contributed by atoms with van der Waals surface area (Å²) in [6, 6.07) is 0. The highest BCUT2D eigenvalue weighted by molar-refractivity contribution is 6.59. The van der Waals surface area contributed by atoms with Gasteiger partial charge in [0, 0.05) is 13.1 Å². The minimum atomic E-state index is -0.366. The summed E-state index contributed by atoms with van der Waals surface area (Å²) in [4.78, 5) is 10.00. The van der Waals surface area contributed by atoms with Gasteiger partial charge in [-0.05, 0) is 0 Å². The zero-order valence-electron chi connectivity index (χ0n) is 3.99. The van der Waals surface area contributed by atoms with Crippen LogP contribution < -0.4 is 0 Å². The molecule has 0 saturated heterocycles. The fourth-order valence-electron chi connectivity index (χ4n) is 0.102. The molecule has 0 spiro atoms. The second-order valence-corrected chi connectivity index (χ2v) is 1.11. The van der Waals surface area contributed by atoms with Crippen molar-refractivity contribution in [2.75, 3.05) is 0 Å². The van der Waals surface area contributed by atoms with Crippen LogP contribution in [-0.2, 0) is 4.79 Å². The molecule has 3 nitrogen and oxygen atoms in total. The molecule has 0 aromatic heterocycles. The van der Waals surface area contributed by atoms with Gasteiger partial charge in [-0.2, -0.15) is 0 Å². The van der Waals surface area contributed by atoms with E-state index in [9.17, 15) is 4.79 Å². The van der Waals surface area contributed by atoms with Crippen molar-refractivity contribution < 1.29 is 4.79 Å². The third kappa shape index (κ3) is 1.81. The molecule has 0 aromatic carbocycles. The molecule has 7 heavy (non-hydrogen) atoms. The van der Waals surface area contributed by atoms with Crippen LogP contribution in [0.25, 0.3) is 0 Å². The summed E-state index contributed by atoms with van der Waals surface area (Å²) in [5, 5.41) is 13.0. The lowest BCUT2D eigenvalue weighted by molar-refractivity contribution is -0.110. The summed E-state index contributed by atoms with van der Waals surface area (Å²) < 4.78 is 0. The maximum atomic E-state index is 10.00. The number of carbonyl (C=O) groups excluding carboxylic acids is 1. The Morgan fingerprint density at radius 3 is 2.14 bits per heavy atom.